The van der Waals surface area contributed by atoms with E-state index in [0.717, 1.165) is 11.1 Å². The van der Waals surface area contributed by atoms with E-state index >= 15 is 0 Å². The molecule has 0 saturated carbocycles. The Bertz CT molecular complexity index is 939. The molecule has 3 aromatic rings. The van der Waals surface area contributed by atoms with Crippen molar-refractivity contribution >= 4 is 5.91 Å². The number of amides is 1. The van der Waals surface area contributed by atoms with Gasteiger partial charge in [-0.25, -0.2) is 0 Å². The third kappa shape index (κ3) is 4.88. The fourth-order valence-corrected chi connectivity index (χ4v) is 2.66. The Morgan fingerprint density at radius 3 is 2.71 bits per heavy atom. The molecule has 0 unspecified atom stereocenters. The highest BCUT2D eigenvalue weighted by molar-refractivity contribution is 5.81. The van der Waals surface area contributed by atoms with E-state index in [1.165, 1.54) is 0 Å². The van der Waals surface area contributed by atoms with E-state index in [-0.39, 0.29) is 12.5 Å². The van der Waals surface area contributed by atoms with Gasteiger partial charge < -0.3 is 19.3 Å². The molecule has 1 amide bonds. The molecule has 0 aliphatic rings. The van der Waals surface area contributed by atoms with Gasteiger partial charge in [-0.3, -0.25) is 4.79 Å². The van der Waals surface area contributed by atoms with Crippen LogP contribution in [0.1, 0.15) is 24.8 Å². The second-order valence-electron chi connectivity index (χ2n) is 6.29. The fraction of sp³-hybridized carbons (Fsp3) is 0.286. The summed E-state index contributed by atoms with van der Waals surface area (Å²) in [4.78, 5) is 16.8. The minimum Gasteiger partial charge on any atom is -0.497 e. The molecule has 1 heterocycles. The number of hydrogen-bond donors (Lipinski definition) is 1. The highest BCUT2D eigenvalue weighted by Crippen LogP contribution is 2.21. The van der Waals surface area contributed by atoms with Crippen LogP contribution in [0, 0.1) is 6.92 Å². The molecule has 0 fully saturated rings. The van der Waals surface area contributed by atoms with Crippen molar-refractivity contribution in [3.8, 4) is 22.9 Å². The number of rotatable bonds is 8. The van der Waals surface area contributed by atoms with E-state index in [9.17, 15) is 4.79 Å². The van der Waals surface area contributed by atoms with Gasteiger partial charge in [0.1, 0.15) is 11.5 Å². The SMILES string of the molecule is CC[C@@H](Oc1cccc(C)c1)C(=O)NCc1nc(-c2cccc(OC)c2)no1. The van der Waals surface area contributed by atoms with Crippen LogP contribution in [0.5, 0.6) is 11.5 Å². The minimum absolute atomic E-state index is 0.128. The van der Waals surface area contributed by atoms with Gasteiger partial charge in [-0.1, -0.05) is 36.3 Å². The van der Waals surface area contributed by atoms with E-state index in [1.54, 1.807) is 7.11 Å². The molecular weight excluding hydrogens is 358 g/mol. The van der Waals surface area contributed by atoms with Crippen molar-refractivity contribution in [1.29, 1.82) is 0 Å². The quantitative estimate of drug-likeness (QED) is 0.642. The zero-order valence-electron chi connectivity index (χ0n) is 16.1. The maximum absolute atomic E-state index is 12.5. The monoisotopic (exact) mass is 381 g/mol. The maximum Gasteiger partial charge on any atom is 0.261 e. The van der Waals surface area contributed by atoms with Crippen LogP contribution in [0.2, 0.25) is 0 Å². The van der Waals surface area contributed by atoms with Crippen molar-refractivity contribution < 1.29 is 18.8 Å². The molecule has 7 heteroatoms. The van der Waals surface area contributed by atoms with Crippen molar-refractivity contribution in [1.82, 2.24) is 15.5 Å². The Labute approximate surface area is 163 Å². The minimum atomic E-state index is -0.595. The molecule has 0 radical (unpaired) electrons. The first kappa shape index (κ1) is 19.4. The van der Waals surface area contributed by atoms with E-state index in [2.05, 4.69) is 15.5 Å². The molecule has 1 aromatic heterocycles. The second-order valence-corrected chi connectivity index (χ2v) is 6.29. The lowest BCUT2D eigenvalue weighted by atomic mass is 10.2. The van der Waals surface area contributed by atoms with Gasteiger partial charge in [-0.05, 0) is 43.2 Å². The number of ether oxygens (including phenoxy) is 2. The molecule has 2 aromatic carbocycles. The van der Waals surface area contributed by atoms with Crippen LogP contribution in [0.15, 0.2) is 53.1 Å². The van der Waals surface area contributed by atoms with Gasteiger partial charge in [0.15, 0.2) is 6.10 Å². The van der Waals surface area contributed by atoms with Crippen molar-refractivity contribution in [3.05, 3.63) is 60.0 Å². The third-order valence-electron chi connectivity index (χ3n) is 4.14. The Balaban J connectivity index is 1.60. The molecule has 7 nitrogen and oxygen atoms in total. The summed E-state index contributed by atoms with van der Waals surface area (Å²) in [6.07, 6.45) is -0.0545. The first-order chi connectivity index (χ1) is 13.6. The molecule has 1 N–H and O–H groups in total. The molecule has 0 spiro atoms. The number of benzene rings is 2. The van der Waals surface area contributed by atoms with Gasteiger partial charge in [0.25, 0.3) is 5.91 Å². The van der Waals surface area contributed by atoms with Crippen LogP contribution in [-0.2, 0) is 11.3 Å². The van der Waals surface area contributed by atoms with Gasteiger partial charge in [0, 0.05) is 5.56 Å². The number of methoxy groups -OCH3 is 1. The average molecular weight is 381 g/mol. The highest BCUT2D eigenvalue weighted by atomic mass is 16.5. The van der Waals surface area contributed by atoms with E-state index in [1.807, 2.05) is 62.4 Å². The zero-order valence-corrected chi connectivity index (χ0v) is 16.1. The number of carbonyl (C=O) groups excluding carboxylic acids is 1. The second kappa shape index (κ2) is 9.03. The summed E-state index contributed by atoms with van der Waals surface area (Å²) in [5, 5.41) is 6.75. The Morgan fingerprint density at radius 1 is 1.18 bits per heavy atom. The average Bonchev–Trinajstić information content (AvgIpc) is 3.19. The van der Waals surface area contributed by atoms with Gasteiger partial charge in [-0.15, -0.1) is 0 Å². The number of carbonyl (C=O) groups is 1. The topological polar surface area (TPSA) is 86.5 Å². The summed E-state index contributed by atoms with van der Waals surface area (Å²) < 4.78 is 16.2. The number of hydrogen-bond acceptors (Lipinski definition) is 6. The van der Waals surface area contributed by atoms with Crippen molar-refractivity contribution in [2.45, 2.75) is 32.9 Å². The Morgan fingerprint density at radius 2 is 1.96 bits per heavy atom. The first-order valence-corrected chi connectivity index (χ1v) is 9.07. The van der Waals surface area contributed by atoms with E-state index < -0.39 is 6.10 Å². The summed E-state index contributed by atoms with van der Waals surface area (Å²) in [5.74, 6) is 1.89. The van der Waals surface area contributed by atoms with Crippen molar-refractivity contribution in [2.75, 3.05) is 7.11 Å². The van der Waals surface area contributed by atoms with Crippen LogP contribution in [0.3, 0.4) is 0 Å². The molecule has 3 rings (SSSR count). The molecular formula is C21H23N3O4. The van der Waals surface area contributed by atoms with Crippen LogP contribution in [0.25, 0.3) is 11.4 Å². The summed E-state index contributed by atoms with van der Waals surface area (Å²) in [5.41, 5.74) is 1.85. The summed E-state index contributed by atoms with van der Waals surface area (Å²) in [7, 11) is 1.60. The van der Waals surface area contributed by atoms with Crippen LogP contribution >= 0.6 is 0 Å². The zero-order chi connectivity index (χ0) is 19.9. The summed E-state index contributed by atoms with van der Waals surface area (Å²) >= 11 is 0. The summed E-state index contributed by atoms with van der Waals surface area (Å²) in [6.45, 7) is 4.00. The van der Waals surface area contributed by atoms with E-state index in [0.29, 0.717) is 29.6 Å². The van der Waals surface area contributed by atoms with Crippen LogP contribution < -0.4 is 14.8 Å². The van der Waals surface area contributed by atoms with E-state index in [4.69, 9.17) is 14.0 Å². The van der Waals surface area contributed by atoms with Crippen LogP contribution in [-0.4, -0.2) is 29.3 Å². The van der Waals surface area contributed by atoms with Crippen molar-refractivity contribution in [3.63, 3.8) is 0 Å². The molecule has 0 aliphatic heterocycles. The standard InChI is InChI=1S/C21H23N3O4/c1-4-18(27-17-10-5-7-14(2)11-17)21(25)22-13-19-23-20(24-28-19)15-8-6-9-16(12-15)26-3/h5-12,18H,4,13H2,1-3H3,(H,22,25)/t18-/m1/s1. The maximum atomic E-state index is 12.5. The predicted molar refractivity (Wildman–Crippen MR) is 104 cm³/mol. The van der Waals surface area contributed by atoms with Gasteiger partial charge in [-0.2, -0.15) is 4.98 Å². The van der Waals surface area contributed by atoms with Gasteiger partial charge >= 0.3 is 0 Å². The third-order valence-corrected chi connectivity index (χ3v) is 4.14. The number of nitrogens with one attached hydrogen (secondary N) is 1. The number of aryl methyl sites for hydroxylation is 1. The molecule has 28 heavy (non-hydrogen) atoms. The fourth-order valence-electron chi connectivity index (χ4n) is 2.66. The normalized spacial score (nSPS) is 11.7. The van der Waals surface area contributed by atoms with Crippen LogP contribution in [0.4, 0.5) is 0 Å². The lowest BCUT2D eigenvalue weighted by Gasteiger charge is -2.17. The largest absolute Gasteiger partial charge is 0.497 e. The molecule has 0 aliphatic carbocycles. The Hall–Kier alpha value is -3.35. The predicted octanol–water partition coefficient (Wildman–Crippen LogP) is 3.53. The highest BCUT2D eigenvalue weighted by Gasteiger charge is 2.19. The molecule has 1 atom stereocenters. The Kier molecular flexibility index (Phi) is 6.26. The number of aromatic nitrogens is 2. The van der Waals surface area contributed by atoms with Gasteiger partial charge in [0.05, 0.1) is 13.7 Å². The molecule has 146 valence electrons. The lowest BCUT2D eigenvalue weighted by Crippen LogP contribution is -2.37. The molecule has 0 saturated heterocycles. The lowest BCUT2D eigenvalue weighted by molar-refractivity contribution is -0.128. The number of nitrogens with zero attached hydrogens (tertiary/aromatic N) is 2. The smallest absolute Gasteiger partial charge is 0.261 e. The molecule has 0 bridgehead atoms. The van der Waals surface area contributed by atoms with Crippen molar-refractivity contribution in [2.24, 2.45) is 0 Å². The van der Waals surface area contributed by atoms with Gasteiger partial charge in [0.2, 0.25) is 11.7 Å². The first-order valence-electron chi connectivity index (χ1n) is 9.07. The summed E-state index contributed by atoms with van der Waals surface area (Å²) in [6, 6.07) is 15.0.